The van der Waals surface area contributed by atoms with Crippen LogP contribution in [0, 0.1) is 5.92 Å². The van der Waals surface area contributed by atoms with Crippen molar-refractivity contribution in [3.05, 3.63) is 12.7 Å². The highest BCUT2D eigenvalue weighted by Gasteiger charge is 2.40. The Hall–Kier alpha value is -5.61. The van der Waals surface area contributed by atoms with Crippen LogP contribution >= 0.6 is 0 Å². The minimum Gasteiger partial charge on any atom is -0.481 e. The van der Waals surface area contributed by atoms with Crippen molar-refractivity contribution in [2.75, 3.05) is 6.61 Å². The van der Waals surface area contributed by atoms with Crippen LogP contribution in [0.5, 0.6) is 0 Å². The van der Waals surface area contributed by atoms with Gasteiger partial charge in [0.2, 0.25) is 41.2 Å². The van der Waals surface area contributed by atoms with Gasteiger partial charge in [-0.05, 0) is 26.2 Å². The van der Waals surface area contributed by atoms with Gasteiger partial charge in [0.05, 0.1) is 25.0 Å². The molecule has 0 radical (unpaired) electrons. The first-order valence-electron chi connectivity index (χ1n) is 16.7. The number of carboxylic acids is 1. The molecule has 310 valence electrons. The van der Waals surface area contributed by atoms with E-state index in [1.807, 2.05) is 5.32 Å². The van der Waals surface area contributed by atoms with Crippen LogP contribution in [0.25, 0.3) is 0 Å². The highest BCUT2D eigenvalue weighted by Crippen LogP contribution is 2.22. The number of hydrogen-bond acceptors (Lipinski definition) is 12. The molecule has 0 saturated heterocycles. The number of nitrogens with two attached hydrogens (primary N) is 1. The molecule has 0 aliphatic carbocycles. The summed E-state index contributed by atoms with van der Waals surface area (Å²) in [5, 5.41) is 31.3. The van der Waals surface area contributed by atoms with Gasteiger partial charge in [0.25, 0.3) is 5.91 Å². The number of carbonyl (C=O) groups excluding carboxylic acids is 9. The second-order valence-electron chi connectivity index (χ2n) is 12.4. The largest absolute Gasteiger partial charge is 0.481 e. The Kier molecular flexibility index (Phi) is 20.9. The lowest BCUT2D eigenvalue weighted by atomic mass is 9.97. The summed E-state index contributed by atoms with van der Waals surface area (Å²) in [7, 11) is 0. The average Bonchev–Trinajstić information content (AvgIpc) is 3.07. The van der Waals surface area contributed by atoms with Crippen molar-refractivity contribution >= 4 is 59.1 Å². The van der Waals surface area contributed by atoms with E-state index in [0.717, 1.165) is 20.8 Å². The first-order chi connectivity index (χ1) is 25.3. The second kappa shape index (κ2) is 23.2. The van der Waals surface area contributed by atoms with Crippen molar-refractivity contribution < 1.29 is 76.1 Å². The lowest BCUT2D eigenvalue weighted by molar-refractivity contribution is -0.153. The molecule has 0 heterocycles. The fourth-order valence-electron chi connectivity index (χ4n) is 4.50. The zero-order valence-corrected chi connectivity index (χ0v) is 30.7. The molecule has 0 aromatic rings. The number of Topliss-reactive ketones (excluding diaryl/α,β-unsaturated/α-hetero) is 1. The fraction of sp³-hybridized carbons (Fsp3) is 0.625. The number of aliphatic hydroxyl groups is 1. The SMILES string of the molecule is C=CCOC(=O)CC[C@H](NC(=O)[C@H](CC(=O)O)NC(=O)C(=O)[C@H](C)NC(=O)[C@H](CC(F)(F)F)NC(=O)[C@@H](NC(=O)[C@@H](NC(C)=O)[C@@H](C)CC)[C@@H](C)O)C(N)=O. The summed E-state index contributed by atoms with van der Waals surface area (Å²) in [5.74, 6) is -13.5. The van der Waals surface area contributed by atoms with Gasteiger partial charge in [0.1, 0.15) is 36.8 Å². The maximum Gasteiger partial charge on any atom is 0.391 e. The summed E-state index contributed by atoms with van der Waals surface area (Å²) in [6, 6.07) is -11.3. The van der Waals surface area contributed by atoms with Crippen LogP contribution in [-0.2, 0) is 52.7 Å². The van der Waals surface area contributed by atoms with Gasteiger partial charge < -0.3 is 52.6 Å². The number of ketones is 1. The molecule has 8 atom stereocenters. The van der Waals surface area contributed by atoms with Gasteiger partial charge in [-0.3, -0.25) is 47.9 Å². The van der Waals surface area contributed by atoms with Crippen LogP contribution in [0.1, 0.15) is 66.7 Å². The molecule has 20 nitrogen and oxygen atoms in total. The van der Waals surface area contributed by atoms with Crippen molar-refractivity contribution in [2.24, 2.45) is 11.7 Å². The first kappa shape index (κ1) is 49.4. The smallest absolute Gasteiger partial charge is 0.391 e. The maximum atomic E-state index is 13.5. The number of aliphatic carboxylic acids is 1. The van der Waals surface area contributed by atoms with Crippen molar-refractivity contribution in [3.63, 3.8) is 0 Å². The molecule has 0 saturated carbocycles. The molecular weight excluding hydrogens is 747 g/mol. The Morgan fingerprint density at radius 3 is 1.82 bits per heavy atom. The number of amides is 7. The molecule has 0 aromatic heterocycles. The minimum absolute atomic E-state index is 0.159. The van der Waals surface area contributed by atoms with Gasteiger partial charge in [-0.2, -0.15) is 13.2 Å². The molecule has 0 aliphatic rings. The van der Waals surface area contributed by atoms with E-state index in [1.165, 1.54) is 6.08 Å². The summed E-state index contributed by atoms with van der Waals surface area (Å²) >= 11 is 0. The van der Waals surface area contributed by atoms with Crippen molar-refractivity contribution in [2.45, 2.75) is 115 Å². The monoisotopic (exact) mass is 795 g/mol. The van der Waals surface area contributed by atoms with E-state index < -0.39 is 139 Å². The third-order valence-corrected chi connectivity index (χ3v) is 7.62. The topological polar surface area (TPSA) is 319 Å². The zero-order chi connectivity index (χ0) is 42.8. The van der Waals surface area contributed by atoms with Crippen molar-refractivity contribution in [3.8, 4) is 0 Å². The van der Waals surface area contributed by atoms with Gasteiger partial charge in [0.15, 0.2) is 0 Å². The molecule has 0 rings (SSSR count). The molecule has 55 heavy (non-hydrogen) atoms. The molecule has 0 bridgehead atoms. The molecule has 10 N–H and O–H groups in total. The molecule has 0 spiro atoms. The van der Waals surface area contributed by atoms with E-state index >= 15 is 0 Å². The number of rotatable bonds is 24. The molecular formula is C32H48F3N7O13. The summed E-state index contributed by atoms with van der Waals surface area (Å²) in [6.45, 7) is 9.41. The summed E-state index contributed by atoms with van der Waals surface area (Å²) in [4.78, 5) is 124. The number of halogens is 3. The summed E-state index contributed by atoms with van der Waals surface area (Å²) in [6.07, 6.45) is -9.29. The lowest BCUT2D eigenvalue weighted by Crippen LogP contribution is -2.61. The number of esters is 1. The fourth-order valence-corrected chi connectivity index (χ4v) is 4.50. The summed E-state index contributed by atoms with van der Waals surface area (Å²) < 4.78 is 45.2. The lowest BCUT2D eigenvalue weighted by Gasteiger charge is -2.29. The molecule has 0 fully saturated rings. The van der Waals surface area contributed by atoms with Crippen LogP contribution in [0.15, 0.2) is 12.7 Å². The Morgan fingerprint density at radius 1 is 0.800 bits per heavy atom. The normalized spacial score (nSPS) is 15.4. The predicted molar refractivity (Wildman–Crippen MR) is 182 cm³/mol. The highest BCUT2D eigenvalue weighted by atomic mass is 19.4. The number of alkyl halides is 3. The van der Waals surface area contributed by atoms with E-state index in [0.29, 0.717) is 6.42 Å². The quantitative estimate of drug-likeness (QED) is 0.0274. The Balaban J connectivity index is 5.97. The standard InChI is InChI=1S/C32H48F3N7O13/c1-7-11-55-22(47)10-9-18(26(36)49)39-27(50)19(12-21(45)46)40-31(54)25(48)15(4)37-28(51)20(13-32(33,34)35)41-30(53)24(16(5)43)42-29(52)23(14(3)8-2)38-17(6)44/h7,14-16,18-20,23-24,43H,1,8-13H2,2-6H3,(H2,36,49)(H,37,51)(H,38,44)(H,39,50)(H,40,54)(H,41,53)(H,42,52)(H,45,46)/t14-,15-,16+,18-,19-,20-,23-,24-/m0/s1. The van der Waals surface area contributed by atoms with Crippen LogP contribution in [0.2, 0.25) is 0 Å². The van der Waals surface area contributed by atoms with Crippen LogP contribution in [0.4, 0.5) is 13.2 Å². The molecule has 0 aromatic carbocycles. The van der Waals surface area contributed by atoms with E-state index in [4.69, 9.17) is 10.5 Å². The maximum absolute atomic E-state index is 13.5. The van der Waals surface area contributed by atoms with Crippen LogP contribution in [-0.4, -0.2) is 124 Å². The number of carboxylic acid groups (broad SMARTS) is 1. The minimum atomic E-state index is -5.12. The third kappa shape index (κ3) is 18.8. The van der Waals surface area contributed by atoms with Gasteiger partial charge in [-0.25, -0.2) is 0 Å². The van der Waals surface area contributed by atoms with E-state index in [1.54, 1.807) is 29.8 Å². The van der Waals surface area contributed by atoms with Crippen LogP contribution in [0.3, 0.4) is 0 Å². The number of hydrogen-bond donors (Lipinski definition) is 9. The van der Waals surface area contributed by atoms with Crippen molar-refractivity contribution in [1.82, 2.24) is 31.9 Å². The van der Waals surface area contributed by atoms with Gasteiger partial charge in [0, 0.05) is 13.3 Å². The van der Waals surface area contributed by atoms with Gasteiger partial charge in [-0.15, -0.1) is 0 Å². The summed E-state index contributed by atoms with van der Waals surface area (Å²) in [5.41, 5.74) is 5.24. The first-order valence-corrected chi connectivity index (χ1v) is 16.7. The Labute approximate surface area is 313 Å². The Morgan fingerprint density at radius 2 is 1.35 bits per heavy atom. The number of carbonyl (C=O) groups is 10. The highest BCUT2D eigenvalue weighted by molar-refractivity contribution is 6.38. The Bertz CT molecular complexity index is 1460. The number of nitrogens with one attached hydrogen (secondary N) is 6. The molecule has 0 aliphatic heterocycles. The number of aliphatic hydroxyl groups excluding tert-OH is 1. The molecule has 23 heteroatoms. The van der Waals surface area contributed by atoms with Crippen LogP contribution < -0.4 is 37.6 Å². The van der Waals surface area contributed by atoms with Gasteiger partial charge in [-0.1, -0.05) is 32.9 Å². The molecule has 7 amide bonds. The van der Waals surface area contributed by atoms with E-state index in [9.17, 15) is 71.3 Å². The number of primary amides is 1. The van der Waals surface area contributed by atoms with Gasteiger partial charge >= 0.3 is 18.1 Å². The van der Waals surface area contributed by atoms with E-state index in [2.05, 4.69) is 17.2 Å². The zero-order valence-electron chi connectivity index (χ0n) is 30.7. The third-order valence-electron chi connectivity index (χ3n) is 7.62. The second-order valence-corrected chi connectivity index (χ2v) is 12.4. The van der Waals surface area contributed by atoms with E-state index in [-0.39, 0.29) is 6.61 Å². The average molecular weight is 796 g/mol. The number of ether oxygens (including phenoxy) is 1. The molecule has 0 unspecified atom stereocenters. The predicted octanol–water partition coefficient (Wildman–Crippen LogP) is -2.65. The van der Waals surface area contributed by atoms with Crippen molar-refractivity contribution in [1.29, 1.82) is 0 Å².